The summed E-state index contributed by atoms with van der Waals surface area (Å²) in [5.41, 5.74) is 7.78. The Morgan fingerprint density at radius 3 is 2.63 bits per heavy atom. The first-order valence-corrected chi connectivity index (χ1v) is 9.38. The molecular formula is C22H26F2N2O. The number of halogens is 2. The highest BCUT2D eigenvalue weighted by molar-refractivity contribution is 5.83. The van der Waals surface area contributed by atoms with Crippen molar-refractivity contribution in [2.75, 3.05) is 6.54 Å². The topological polar surface area (TPSA) is 46.3 Å². The van der Waals surface area contributed by atoms with E-state index in [2.05, 4.69) is 0 Å². The molecule has 0 fully saturated rings. The molecule has 0 spiro atoms. The summed E-state index contributed by atoms with van der Waals surface area (Å²) < 4.78 is 28.1. The van der Waals surface area contributed by atoms with E-state index in [-0.39, 0.29) is 18.5 Å². The van der Waals surface area contributed by atoms with Crippen LogP contribution in [0.4, 0.5) is 8.78 Å². The number of carbonyl (C=O) groups excluding carboxylic acids is 1. The van der Waals surface area contributed by atoms with Crippen molar-refractivity contribution in [1.29, 1.82) is 0 Å². The largest absolute Gasteiger partial charge is 0.327 e. The lowest BCUT2D eigenvalue weighted by Crippen LogP contribution is -2.44. The normalized spacial score (nSPS) is 26.1. The van der Waals surface area contributed by atoms with Crippen molar-refractivity contribution < 1.29 is 13.6 Å². The maximum atomic E-state index is 14.4. The zero-order chi connectivity index (χ0) is 19.6. The molecule has 1 aliphatic heterocycles. The number of alkyl halides is 1. The van der Waals surface area contributed by atoms with Gasteiger partial charge in [-0.25, -0.2) is 8.78 Å². The van der Waals surface area contributed by atoms with Gasteiger partial charge in [0, 0.05) is 12.5 Å². The van der Waals surface area contributed by atoms with Gasteiger partial charge in [0.2, 0.25) is 5.91 Å². The van der Waals surface area contributed by atoms with Gasteiger partial charge in [0.15, 0.2) is 0 Å². The van der Waals surface area contributed by atoms with Gasteiger partial charge in [0.05, 0.1) is 12.1 Å². The summed E-state index contributed by atoms with van der Waals surface area (Å²) in [5, 5.41) is 0. The van der Waals surface area contributed by atoms with Crippen LogP contribution in [-0.2, 0) is 4.79 Å². The number of allylic oxidation sites excluding steroid dienone is 4. The van der Waals surface area contributed by atoms with Gasteiger partial charge in [-0.2, -0.15) is 0 Å². The highest BCUT2D eigenvalue weighted by atomic mass is 19.1. The van der Waals surface area contributed by atoms with Crippen molar-refractivity contribution >= 4 is 5.91 Å². The first kappa shape index (κ1) is 19.5. The minimum absolute atomic E-state index is 0.157. The zero-order valence-corrected chi connectivity index (χ0v) is 15.7. The number of carbonyl (C=O) groups is 1. The van der Waals surface area contributed by atoms with Gasteiger partial charge in [0.25, 0.3) is 0 Å². The fraction of sp³-hybridized carbons (Fsp3) is 0.409. The predicted octanol–water partition coefficient (Wildman–Crippen LogP) is 4.25. The molecule has 2 N–H and O–H groups in total. The van der Waals surface area contributed by atoms with E-state index in [1.165, 1.54) is 12.2 Å². The molecule has 27 heavy (non-hydrogen) atoms. The number of nitrogens with two attached hydrogens (primary N) is 1. The molecule has 1 aromatic rings. The van der Waals surface area contributed by atoms with Crippen molar-refractivity contribution in [3.63, 3.8) is 0 Å². The SMILES string of the molecule is CC(C)C[C@H](N)C(=O)N1CC(C2C=C(F)C=CC2F)=CC1c1ccccc1. The fourth-order valence-electron chi connectivity index (χ4n) is 3.75. The molecule has 1 heterocycles. The molecule has 144 valence electrons. The lowest BCUT2D eigenvalue weighted by atomic mass is 9.90. The van der Waals surface area contributed by atoms with E-state index in [0.717, 1.165) is 11.6 Å². The van der Waals surface area contributed by atoms with Crippen LogP contribution in [0.3, 0.4) is 0 Å². The summed E-state index contributed by atoms with van der Waals surface area (Å²) in [7, 11) is 0. The van der Waals surface area contributed by atoms with Crippen molar-refractivity contribution in [2.45, 2.75) is 38.5 Å². The molecule has 0 bridgehead atoms. The average molecular weight is 372 g/mol. The molecule has 1 amide bonds. The summed E-state index contributed by atoms with van der Waals surface area (Å²) >= 11 is 0. The molecule has 1 aliphatic carbocycles. The summed E-state index contributed by atoms with van der Waals surface area (Å²) in [5.74, 6) is -1.01. The van der Waals surface area contributed by atoms with Crippen molar-refractivity contribution in [3.05, 3.63) is 71.6 Å². The van der Waals surface area contributed by atoms with E-state index >= 15 is 0 Å². The third kappa shape index (κ3) is 4.35. The van der Waals surface area contributed by atoms with Crippen LogP contribution in [0.2, 0.25) is 0 Å². The Hall–Kier alpha value is -2.27. The molecule has 0 radical (unpaired) electrons. The van der Waals surface area contributed by atoms with Gasteiger partial charge in [-0.1, -0.05) is 50.3 Å². The predicted molar refractivity (Wildman–Crippen MR) is 103 cm³/mol. The molecule has 2 aliphatic rings. The van der Waals surface area contributed by atoms with E-state index in [0.29, 0.717) is 17.9 Å². The number of hydrogen-bond acceptors (Lipinski definition) is 2. The molecule has 3 unspecified atom stereocenters. The van der Waals surface area contributed by atoms with Gasteiger partial charge < -0.3 is 10.6 Å². The van der Waals surface area contributed by atoms with Crippen LogP contribution in [0.25, 0.3) is 0 Å². The summed E-state index contributed by atoms with van der Waals surface area (Å²) in [6.07, 6.45) is 4.83. The van der Waals surface area contributed by atoms with E-state index in [1.807, 2.05) is 50.3 Å². The number of nitrogens with zero attached hydrogens (tertiary/aromatic N) is 1. The van der Waals surface area contributed by atoms with Crippen LogP contribution in [0.5, 0.6) is 0 Å². The monoisotopic (exact) mass is 372 g/mol. The van der Waals surface area contributed by atoms with E-state index in [4.69, 9.17) is 5.73 Å². The maximum absolute atomic E-state index is 14.4. The highest BCUT2D eigenvalue weighted by Gasteiger charge is 2.37. The Morgan fingerprint density at radius 1 is 1.26 bits per heavy atom. The second kappa shape index (κ2) is 8.17. The van der Waals surface area contributed by atoms with Gasteiger partial charge in [-0.05, 0) is 41.7 Å². The van der Waals surface area contributed by atoms with Crippen molar-refractivity contribution in [2.24, 2.45) is 17.6 Å². The Bertz CT molecular complexity index is 770. The third-order valence-corrected chi connectivity index (χ3v) is 5.08. The molecule has 0 saturated heterocycles. The fourth-order valence-corrected chi connectivity index (χ4v) is 3.75. The molecule has 5 heteroatoms. The average Bonchev–Trinajstić information content (AvgIpc) is 3.08. The summed E-state index contributed by atoms with van der Waals surface area (Å²) in [4.78, 5) is 14.7. The molecule has 1 aromatic carbocycles. The zero-order valence-electron chi connectivity index (χ0n) is 15.7. The Kier molecular flexibility index (Phi) is 5.90. The lowest BCUT2D eigenvalue weighted by Gasteiger charge is -2.29. The summed E-state index contributed by atoms with van der Waals surface area (Å²) in [6.45, 7) is 4.29. The molecule has 0 saturated carbocycles. The lowest BCUT2D eigenvalue weighted by molar-refractivity contribution is -0.133. The standard InChI is InChI=1S/C22H26F2N2O/c1-14(2)10-20(25)22(27)26-13-16(18-12-17(23)8-9-19(18)24)11-21(26)15-6-4-3-5-7-15/h3-9,11-12,14,18-21H,10,13,25H2,1-2H3/t18?,19?,20-,21?/m0/s1. The third-order valence-electron chi connectivity index (χ3n) is 5.08. The van der Waals surface area contributed by atoms with Gasteiger partial charge in [0.1, 0.15) is 12.0 Å². The minimum Gasteiger partial charge on any atom is -0.327 e. The minimum atomic E-state index is -1.30. The Morgan fingerprint density at radius 2 is 1.96 bits per heavy atom. The summed E-state index contributed by atoms with van der Waals surface area (Å²) in [6, 6.07) is 8.65. The molecule has 4 atom stereocenters. The number of benzene rings is 1. The van der Waals surface area contributed by atoms with Crippen LogP contribution in [0, 0.1) is 11.8 Å². The highest BCUT2D eigenvalue weighted by Crippen LogP contribution is 2.37. The molecule has 3 nitrogen and oxygen atoms in total. The molecule has 0 aromatic heterocycles. The van der Waals surface area contributed by atoms with Crippen LogP contribution in [-0.4, -0.2) is 29.6 Å². The van der Waals surface area contributed by atoms with E-state index in [1.54, 1.807) is 4.90 Å². The van der Waals surface area contributed by atoms with Crippen LogP contribution >= 0.6 is 0 Å². The smallest absolute Gasteiger partial charge is 0.240 e. The van der Waals surface area contributed by atoms with E-state index in [9.17, 15) is 13.6 Å². The first-order valence-electron chi connectivity index (χ1n) is 9.38. The van der Waals surface area contributed by atoms with Crippen LogP contribution in [0.15, 0.2) is 66.0 Å². The number of rotatable bonds is 5. The molecule has 3 rings (SSSR count). The Labute approximate surface area is 159 Å². The van der Waals surface area contributed by atoms with Crippen molar-refractivity contribution in [1.82, 2.24) is 4.90 Å². The second-order valence-corrected chi connectivity index (χ2v) is 7.68. The van der Waals surface area contributed by atoms with Crippen LogP contribution < -0.4 is 5.73 Å². The van der Waals surface area contributed by atoms with Gasteiger partial charge >= 0.3 is 0 Å². The van der Waals surface area contributed by atoms with Gasteiger partial charge in [-0.15, -0.1) is 0 Å². The maximum Gasteiger partial charge on any atom is 0.240 e. The van der Waals surface area contributed by atoms with Gasteiger partial charge in [-0.3, -0.25) is 4.79 Å². The van der Waals surface area contributed by atoms with Crippen molar-refractivity contribution in [3.8, 4) is 0 Å². The first-order chi connectivity index (χ1) is 12.9. The quantitative estimate of drug-likeness (QED) is 0.786. The number of amides is 1. The Balaban J connectivity index is 1.90. The number of hydrogen-bond donors (Lipinski definition) is 1. The second-order valence-electron chi connectivity index (χ2n) is 7.68. The van der Waals surface area contributed by atoms with E-state index < -0.39 is 24.0 Å². The molecular weight excluding hydrogens is 346 g/mol. The van der Waals surface area contributed by atoms with Crippen LogP contribution in [0.1, 0.15) is 31.9 Å².